The largest absolute Gasteiger partial charge is 0.0767 e. The molecule has 1 radical (unpaired) electrons. The maximum absolute atomic E-state index is 2.00. The molecule has 6 heavy (non-hydrogen) atoms. The SMILES string of the molecule is [BaH2].[CH]1C=CC=C1. The summed E-state index contributed by atoms with van der Waals surface area (Å²) in [6.45, 7) is 0. The van der Waals surface area contributed by atoms with Crippen molar-refractivity contribution in [2.24, 2.45) is 0 Å². The monoisotopic (exact) mass is 205 g/mol. The van der Waals surface area contributed by atoms with Gasteiger partial charge in [0, 0.05) is 6.42 Å². The first-order valence-corrected chi connectivity index (χ1v) is 1.67. The van der Waals surface area contributed by atoms with Crippen LogP contribution in [0.1, 0.15) is 0 Å². The van der Waals surface area contributed by atoms with Crippen LogP contribution in [0.5, 0.6) is 0 Å². The van der Waals surface area contributed by atoms with Crippen molar-refractivity contribution >= 4 is 48.9 Å². The van der Waals surface area contributed by atoms with Gasteiger partial charge in [-0.1, -0.05) is 24.3 Å². The molecule has 0 heterocycles. The van der Waals surface area contributed by atoms with Gasteiger partial charge in [0.05, 0.1) is 0 Å². The molecular formula is C5H7Ba. The Morgan fingerprint density at radius 1 is 0.667 bits per heavy atom. The van der Waals surface area contributed by atoms with Crippen LogP contribution in [0.25, 0.3) is 0 Å². The zero-order valence-electron chi connectivity index (χ0n) is 2.89. The number of allylic oxidation sites excluding steroid dienone is 4. The van der Waals surface area contributed by atoms with Gasteiger partial charge < -0.3 is 0 Å². The Hall–Kier alpha value is 1.05. The van der Waals surface area contributed by atoms with Gasteiger partial charge in [-0.2, -0.15) is 0 Å². The molecule has 0 spiro atoms. The molecule has 0 aromatic carbocycles. The third kappa shape index (κ3) is 2.26. The average Bonchev–Trinajstić information content (AvgIpc) is 1.76. The third-order valence-corrected chi connectivity index (χ3v) is 0.556. The molecule has 0 nitrogen and oxygen atoms in total. The van der Waals surface area contributed by atoms with Crippen LogP contribution in [0.15, 0.2) is 24.3 Å². The topological polar surface area (TPSA) is 0 Å². The predicted octanol–water partition coefficient (Wildman–Crippen LogP) is 0.400. The number of rotatable bonds is 0. The van der Waals surface area contributed by atoms with Crippen LogP contribution in [0.4, 0.5) is 0 Å². The minimum absolute atomic E-state index is 0. The Bertz CT molecular complexity index is 62.0. The minimum atomic E-state index is 0. The van der Waals surface area contributed by atoms with E-state index in [0.29, 0.717) is 0 Å². The van der Waals surface area contributed by atoms with E-state index in [1.54, 1.807) is 0 Å². The fraction of sp³-hybridized carbons (Fsp3) is 0. The van der Waals surface area contributed by atoms with E-state index in [0.717, 1.165) is 0 Å². The minimum Gasteiger partial charge on any atom is -0.0767 e. The van der Waals surface area contributed by atoms with E-state index in [9.17, 15) is 0 Å². The van der Waals surface area contributed by atoms with Gasteiger partial charge in [-0.25, -0.2) is 0 Å². The molecule has 1 heteroatoms. The van der Waals surface area contributed by atoms with Crippen molar-refractivity contribution in [1.82, 2.24) is 0 Å². The molecule has 29 valence electrons. The van der Waals surface area contributed by atoms with Crippen molar-refractivity contribution in [3.05, 3.63) is 30.7 Å². The van der Waals surface area contributed by atoms with Crippen molar-refractivity contribution in [3.8, 4) is 0 Å². The van der Waals surface area contributed by atoms with Crippen LogP contribution in [-0.4, -0.2) is 48.9 Å². The van der Waals surface area contributed by atoms with Crippen molar-refractivity contribution < 1.29 is 0 Å². The Labute approximate surface area is 78.4 Å². The van der Waals surface area contributed by atoms with Gasteiger partial charge in [0.1, 0.15) is 0 Å². The standard InChI is InChI=1S/C5H5.Ba.2H/c1-2-4-5-3-1;;;/h1-5H;;;. The van der Waals surface area contributed by atoms with Crippen molar-refractivity contribution in [2.75, 3.05) is 0 Å². The second-order valence-corrected chi connectivity index (χ2v) is 0.962. The summed E-state index contributed by atoms with van der Waals surface area (Å²) in [7, 11) is 0. The second-order valence-electron chi connectivity index (χ2n) is 0.962. The quantitative estimate of drug-likeness (QED) is 0.501. The molecule has 0 saturated carbocycles. The smallest absolute Gasteiger partial charge is 0.00506 e. The van der Waals surface area contributed by atoms with E-state index in [1.165, 1.54) is 0 Å². The van der Waals surface area contributed by atoms with Crippen LogP contribution in [-0.2, 0) is 0 Å². The van der Waals surface area contributed by atoms with Crippen LogP contribution < -0.4 is 0 Å². The fourth-order valence-corrected chi connectivity index (χ4v) is 0.321. The van der Waals surface area contributed by atoms with Gasteiger partial charge in [-0.15, -0.1) is 0 Å². The first-order chi connectivity index (χ1) is 2.50. The van der Waals surface area contributed by atoms with Gasteiger partial charge >= 0.3 is 48.9 Å². The summed E-state index contributed by atoms with van der Waals surface area (Å²) in [6.07, 6.45) is 10.0. The van der Waals surface area contributed by atoms with Crippen molar-refractivity contribution in [3.63, 3.8) is 0 Å². The summed E-state index contributed by atoms with van der Waals surface area (Å²) in [5, 5.41) is 0. The average molecular weight is 204 g/mol. The molecule has 0 bridgehead atoms. The Morgan fingerprint density at radius 2 is 1.17 bits per heavy atom. The van der Waals surface area contributed by atoms with Crippen molar-refractivity contribution in [2.45, 2.75) is 0 Å². The molecule has 0 aromatic heterocycles. The summed E-state index contributed by atoms with van der Waals surface area (Å²) in [5.74, 6) is 0. The number of hydrogen-bond acceptors (Lipinski definition) is 0. The molecule has 1 aliphatic carbocycles. The van der Waals surface area contributed by atoms with Gasteiger partial charge in [0.15, 0.2) is 0 Å². The third-order valence-electron chi connectivity index (χ3n) is 0.556. The van der Waals surface area contributed by atoms with Crippen LogP contribution in [0, 0.1) is 6.42 Å². The van der Waals surface area contributed by atoms with E-state index >= 15 is 0 Å². The van der Waals surface area contributed by atoms with E-state index in [-0.39, 0.29) is 48.9 Å². The molecule has 0 fully saturated rings. The predicted molar refractivity (Wildman–Crippen MR) is 31.1 cm³/mol. The molecule has 1 rings (SSSR count). The van der Waals surface area contributed by atoms with E-state index in [4.69, 9.17) is 0 Å². The maximum Gasteiger partial charge on any atom is 0.00506 e. The second kappa shape index (κ2) is 4.22. The van der Waals surface area contributed by atoms with E-state index in [2.05, 4.69) is 0 Å². The normalized spacial score (nSPS) is 14.7. The van der Waals surface area contributed by atoms with Crippen molar-refractivity contribution in [1.29, 1.82) is 0 Å². The van der Waals surface area contributed by atoms with E-state index < -0.39 is 0 Å². The molecule has 0 unspecified atom stereocenters. The first-order valence-electron chi connectivity index (χ1n) is 1.67. The molecule has 0 aromatic rings. The molecule has 0 atom stereocenters. The maximum atomic E-state index is 2.00. The zero-order chi connectivity index (χ0) is 3.54. The number of hydrogen-bond donors (Lipinski definition) is 0. The molecule has 0 N–H and O–H groups in total. The Balaban J connectivity index is 0.000000250. The summed E-state index contributed by atoms with van der Waals surface area (Å²) in [4.78, 5) is 0. The summed E-state index contributed by atoms with van der Waals surface area (Å²) in [6, 6.07) is 0. The van der Waals surface area contributed by atoms with Gasteiger partial charge in [-0.3, -0.25) is 0 Å². The fourth-order valence-electron chi connectivity index (χ4n) is 0.321. The molecule has 0 saturated heterocycles. The van der Waals surface area contributed by atoms with Crippen LogP contribution in [0.3, 0.4) is 0 Å². The Morgan fingerprint density at radius 3 is 1.33 bits per heavy atom. The van der Waals surface area contributed by atoms with Gasteiger partial charge in [-0.05, 0) is 0 Å². The molecular weight excluding hydrogens is 197 g/mol. The molecule has 0 aliphatic heterocycles. The molecule has 1 aliphatic rings. The van der Waals surface area contributed by atoms with E-state index in [1.807, 2.05) is 30.7 Å². The summed E-state index contributed by atoms with van der Waals surface area (Å²) in [5.41, 5.74) is 0. The zero-order valence-corrected chi connectivity index (χ0v) is 2.89. The van der Waals surface area contributed by atoms with Gasteiger partial charge in [0.25, 0.3) is 0 Å². The van der Waals surface area contributed by atoms with Crippen LogP contribution >= 0.6 is 0 Å². The summed E-state index contributed by atoms with van der Waals surface area (Å²) >= 11 is 0. The first kappa shape index (κ1) is 7.05. The Kier molecular flexibility index (Phi) is 4.96. The molecule has 0 amide bonds. The summed E-state index contributed by atoms with van der Waals surface area (Å²) < 4.78 is 0. The van der Waals surface area contributed by atoms with Gasteiger partial charge in [0.2, 0.25) is 0 Å². The van der Waals surface area contributed by atoms with Crippen LogP contribution in [0.2, 0.25) is 0 Å².